The highest BCUT2D eigenvalue weighted by molar-refractivity contribution is 5.73. The fraction of sp³-hybridized carbons (Fsp3) is 0.682. The molecule has 2 aliphatic heterocycles. The normalized spacial score (nSPS) is 24.3. The average Bonchev–Trinajstić information content (AvgIpc) is 3.52. The van der Waals surface area contributed by atoms with Gasteiger partial charge < -0.3 is 24.6 Å². The molecule has 0 radical (unpaired) electrons. The summed E-state index contributed by atoms with van der Waals surface area (Å²) in [7, 11) is 0. The Balaban J connectivity index is 0.000000271. The Kier molecular flexibility index (Phi) is 10.5. The van der Waals surface area contributed by atoms with Gasteiger partial charge in [-0.25, -0.2) is 9.59 Å². The molecular weight excluding hydrogens is 502 g/mol. The first-order valence-electron chi connectivity index (χ1n) is 11.2. The third-order valence-electron chi connectivity index (χ3n) is 5.73. The van der Waals surface area contributed by atoms with Gasteiger partial charge in [-0.3, -0.25) is 4.98 Å². The van der Waals surface area contributed by atoms with Gasteiger partial charge in [-0.15, -0.1) is 0 Å². The Hall–Kier alpha value is -2.45. The summed E-state index contributed by atoms with van der Waals surface area (Å²) in [6.45, 7) is 5.07. The molecule has 14 heteroatoms. The average molecular weight is 530 g/mol. The number of aliphatic carboxylic acids is 2. The van der Waals surface area contributed by atoms with E-state index in [0.29, 0.717) is 6.61 Å². The van der Waals surface area contributed by atoms with E-state index in [2.05, 4.69) is 9.88 Å². The van der Waals surface area contributed by atoms with E-state index in [9.17, 15) is 26.3 Å². The van der Waals surface area contributed by atoms with E-state index in [4.69, 9.17) is 29.3 Å². The SMILES string of the molecule is O=C(O)C(F)(F)F.O=C(O)C(F)(F)F.c1cc(CO[C@H]2CO[C@@]3(CCCN(CC4CC4)C3)C2)ccn1. The number of carboxylic acid groups (broad SMARTS) is 2. The van der Waals surface area contributed by atoms with Crippen LogP contribution in [0.1, 0.15) is 37.7 Å². The van der Waals surface area contributed by atoms with Crippen LogP contribution >= 0.6 is 0 Å². The van der Waals surface area contributed by atoms with Crippen LogP contribution in [0.3, 0.4) is 0 Å². The van der Waals surface area contributed by atoms with Crippen LogP contribution in [-0.4, -0.2) is 82.3 Å². The van der Waals surface area contributed by atoms with Crippen LogP contribution in [0.25, 0.3) is 0 Å². The van der Waals surface area contributed by atoms with Gasteiger partial charge in [-0.2, -0.15) is 26.3 Å². The fourth-order valence-electron chi connectivity index (χ4n) is 3.90. The van der Waals surface area contributed by atoms with Gasteiger partial charge in [0.25, 0.3) is 0 Å². The highest BCUT2D eigenvalue weighted by atomic mass is 19.4. The molecule has 8 nitrogen and oxygen atoms in total. The van der Waals surface area contributed by atoms with Gasteiger partial charge in [-0.1, -0.05) is 0 Å². The summed E-state index contributed by atoms with van der Waals surface area (Å²) in [5.74, 6) is -4.55. The monoisotopic (exact) mass is 530 g/mol. The molecule has 0 aromatic carbocycles. The minimum atomic E-state index is -5.08. The van der Waals surface area contributed by atoms with Crippen LogP contribution in [-0.2, 0) is 25.7 Å². The van der Waals surface area contributed by atoms with E-state index in [1.54, 1.807) is 0 Å². The highest BCUT2D eigenvalue weighted by Gasteiger charge is 2.44. The lowest BCUT2D eigenvalue weighted by Gasteiger charge is -2.39. The minimum absolute atomic E-state index is 0.0655. The van der Waals surface area contributed by atoms with Gasteiger partial charge in [0, 0.05) is 31.9 Å². The molecule has 2 N–H and O–H groups in total. The molecule has 3 fully saturated rings. The highest BCUT2D eigenvalue weighted by Crippen LogP contribution is 2.38. The van der Waals surface area contributed by atoms with E-state index in [1.165, 1.54) is 44.3 Å². The zero-order chi connectivity index (χ0) is 27.0. The molecule has 0 unspecified atom stereocenters. The topological polar surface area (TPSA) is 109 Å². The maximum Gasteiger partial charge on any atom is 0.490 e. The molecular formula is C22H28F6N2O6. The summed E-state index contributed by atoms with van der Waals surface area (Å²) in [6.07, 6.45) is 0.106. The van der Waals surface area contributed by atoms with Gasteiger partial charge in [0.15, 0.2) is 0 Å². The lowest BCUT2D eigenvalue weighted by Crippen LogP contribution is -2.48. The first kappa shape index (κ1) is 29.8. The Morgan fingerprint density at radius 1 is 1.08 bits per heavy atom. The van der Waals surface area contributed by atoms with Crippen molar-refractivity contribution in [3.05, 3.63) is 30.1 Å². The predicted molar refractivity (Wildman–Crippen MR) is 112 cm³/mol. The molecule has 0 bridgehead atoms. The van der Waals surface area contributed by atoms with E-state index in [0.717, 1.165) is 25.5 Å². The molecule has 3 aliphatic rings. The standard InChI is InChI=1S/C18H26N2O2.2C2HF3O2/c1-6-18(14-20(9-1)11-15-2-3-15)10-17(13-22-18)21-12-16-4-7-19-8-5-16;2*3-2(4,5)1(6)7/h4-5,7-8,15,17H,1-3,6,9-14H2;2*(H,6,7)/t17-,18+;;/m1../s1. The molecule has 1 aliphatic carbocycles. The molecule has 1 aromatic heterocycles. The summed E-state index contributed by atoms with van der Waals surface area (Å²) >= 11 is 0. The first-order valence-corrected chi connectivity index (χ1v) is 11.2. The van der Waals surface area contributed by atoms with E-state index in [1.807, 2.05) is 24.5 Å². The number of alkyl halides is 6. The molecule has 4 rings (SSSR count). The number of carbonyl (C=O) groups is 2. The van der Waals surface area contributed by atoms with Gasteiger partial charge in [0.05, 0.1) is 24.9 Å². The molecule has 36 heavy (non-hydrogen) atoms. The number of rotatable bonds is 5. The number of pyridine rings is 1. The number of ether oxygens (including phenoxy) is 2. The summed E-state index contributed by atoms with van der Waals surface area (Å²) in [4.78, 5) is 24.5. The van der Waals surface area contributed by atoms with Crippen molar-refractivity contribution in [1.29, 1.82) is 0 Å². The second-order valence-electron chi connectivity index (χ2n) is 8.87. The number of carboxylic acids is 2. The van der Waals surface area contributed by atoms with Crippen LogP contribution in [0.5, 0.6) is 0 Å². The van der Waals surface area contributed by atoms with Crippen LogP contribution in [0.2, 0.25) is 0 Å². The fourth-order valence-corrected chi connectivity index (χ4v) is 3.90. The third-order valence-corrected chi connectivity index (χ3v) is 5.73. The first-order chi connectivity index (χ1) is 16.7. The maximum atomic E-state index is 10.6. The van der Waals surface area contributed by atoms with E-state index in [-0.39, 0.29) is 11.7 Å². The Morgan fingerprint density at radius 3 is 2.14 bits per heavy atom. The van der Waals surface area contributed by atoms with Crippen molar-refractivity contribution in [1.82, 2.24) is 9.88 Å². The van der Waals surface area contributed by atoms with Crippen molar-refractivity contribution in [2.45, 2.75) is 62.8 Å². The Labute approximate surface area is 203 Å². The van der Waals surface area contributed by atoms with E-state index < -0.39 is 24.3 Å². The molecule has 2 atom stereocenters. The maximum absolute atomic E-state index is 10.6. The van der Waals surface area contributed by atoms with Crippen molar-refractivity contribution in [2.75, 3.05) is 26.2 Å². The van der Waals surface area contributed by atoms with E-state index >= 15 is 0 Å². The molecule has 204 valence electrons. The van der Waals surface area contributed by atoms with Crippen molar-refractivity contribution in [3.63, 3.8) is 0 Å². The summed E-state index contributed by atoms with van der Waals surface area (Å²) < 4.78 is 75.8. The molecule has 1 spiro atoms. The zero-order valence-corrected chi connectivity index (χ0v) is 19.2. The zero-order valence-electron chi connectivity index (χ0n) is 19.2. The lowest BCUT2D eigenvalue weighted by atomic mass is 9.89. The smallest absolute Gasteiger partial charge is 0.475 e. The Morgan fingerprint density at radius 2 is 1.64 bits per heavy atom. The Bertz CT molecular complexity index is 826. The van der Waals surface area contributed by atoms with Crippen molar-refractivity contribution >= 4 is 11.9 Å². The second kappa shape index (κ2) is 12.7. The minimum Gasteiger partial charge on any atom is -0.475 e. The largest absolute Gasteiger partial charge is 0.490 e. The van der Waals surface area contributed by atoms with Gasteiger partial charge in [0.1, 0.15) is 0 Å². The van der Waals surface area contributed by atoms with Gasteiger partial charge in [-0.05, 0) is 55.8 Å². The number of halogens is 6. The molecule has 2 saturated heterocycles. The predicted octanol–water partition coefficient (Wildman–Crippen LogP) is 3.90. The van der Waals surface area contributed by atoms with Gasteiger partial charge in [0.2, 0.25) is 0 Å². The summed E-state index contributed by atoms with van der Waals surface area (Å²) in [5.41, 5.74) is 1.26. The van der Waals surface area contributed by atoms with Crippen LogP contribution in [0.4, 0.5) is 26.3 Å². The summed E-state index contributed by atoms with van der Waals surface area (Å²) in [5, 5.41) is 14.2. The lowest BCUT2D eigenvalue weighted by molar-refractivity contribution is -0.193. The van der Waals surface area contributed by atoms with Crippen molar-refractivity contribution < 1.29 is 55.6 Å². The number of piperidine rings is 1. The molecule has 0 amide bonds. The van der Waals surface area contributed by atoms with Crippen LogP contribution in [0, 0.1) is 5.92 Å². The molecule has 1 aromatic rings. The molecule has 1 saturated carbocycles. The summed E-state index contributed by atoms with van der Waals surface area (Å²) in [6, 6.07) is 4.03. The third kappa shape index (κ3) is 10.7. The second-order valence-corrected chi connectivity index (χ2v) is 8.87. The van der Waals surface area contributed by atoms with Gasteiger partial charge >= 0.3 is 24.3 Å². The number of hydrogen-bond donors (Lipinski definition) is 2. The number of likely N-dealkylation sites (tertiary alicyclic amines) is 1. The van der Waals surface area contributed by atoms with Crippen molar-refractivity contribution in [2.24, 2.45) is 5.92 Å². The number of hydrogen-bond acceptors (Lipinski definition) is 6. The van der Waals surface area contributed by atoms with Crippen molar-refractivity contribution in [3.8, 4) is 0 Å². The van der Waals surface area contributed by atoms with Crippen LogP contribution in [0.15, 0.2) is 24.5 Å². The number of nitrogens with zero attached hydrogens (tertiary/aromatic N) is 2. The van der Waals surface area contributed by atoms with Crippen LogP contribution < -0.4 is 0 Å². The molecule has 3 heterocycles. The quantitative estimate of drug-likeness (QED) is 0.552. The number of aromatic nitrogens is 1.